The molecule has 1 unspecified atom stereocenters. The molecule has 0 aliphatic rings. The first kappa shape index (κ1) is 14.5. The van der Waals surface area contributed by atoms with Crippen molar-refractivity contribution in [3.8, 4) is 5.75 Å². The van der Waals surface area contributed by atoms with Gasteiger partial charge in [-0.25, -0.2) is 4.39 Å². The Hall–Kier alpha value is -1.87. The minimum Gasteiger partial charge on any atom is -0.508 e. The molecule has 0 aromatic heterocycles. The minimum absolute atomic E-state index is 0.114. The molecular formula is C17H20FNO. The summed E-state index contributed by atoms with van der Waals surface area (Å²) in [5.74, 6) is -0.224. The largest absolute Gasteiger partial charge is 0.508 e. The number of phenols is 1. The highest BCUT2D eigenvalue weighted by molar-refractivity contribution is 5.35. The second kappa shape index (κ2) is 6.06. The predicted molar refractivity (Wildman–Crippen MR) is 79.2 cm³/mol. The van der Waals surface area contributed by atoms with Crippen LogP contribution < -0.4 is 5.32 Å². The third-order valence-corrected chi connectivity index (χ3v) is 3.61. The van der Waals surface area contributed by atoms with Crippen molar-refractivity contribution in [2.24, 2.45) is 0 Å². The van der Waals surface area contributed by atoms with Crippen molar-refractivity contribution in [2.45, 2.75) is 32.9 Å². The van der Waals surface area contributed by atoms with Gasteiger partial charge in [0.05, 0.1) is 0 Å². The van der Waals surface area contributed by atoms with Gasteiger partial charge < -0.3 is 10.4 Å². The van der Waals surface area contributed by atoms with E-state index >= 15 is 0 Å². The Kier molecular flexibility index (Phi) is 4.40. The molecule has 0 radical (unpaired) electrons. The van der Waals surface area contributed by atoms with Gasteiger partial charge in [0.1, 0.15) is 11.6 Å². The molecule has 0 aliphatic heterocycles. The van der Waals surface area contributed by atoms with Crippen LogP contribution in [-0.4, -0.2) is 5.11 Å². The maximum atomic E-state index is 13.3. The van der Waals surface area contributed by atoms with E-state index < -0.39 is 0 Å². The van der Waals surface area contributed by atoms with Crippen molar-refractivity contribution in [3.05, 3.63) is 65.0 Å². The zero-order valence-electron chi connectivity index (χ0n) is 12.0. The van der Waals surface area contributed by atoms with E-state index in [1.807, 2.05) is 19.1 Å². The van der Waals surface area contributed by atoms with E-state index in [1.165, 1.54) is 29.3 Å². The lowest BCUT2D eigenvalue weighted by molar-refractivity contribution is 0.435. The summed E-state index contributed by atoms with van der Waals surface area (Å²) in [6.45, 7) is 6.05. The Balaban J connectivity index is 2.17. The molecule has 0 heterocycles. The van der Waals surface area contributed by atoms with Gasteiger partial charge in [-0.05, 0) is 50.1 Å². The second-order valence-electron chi connectivity index (χ2n) is 5.17. The maximum Gasteiger partial charge on any atom is 0.123 e. The molecule has 0 spiro atoms. The van der Waals surface area contributed by atoms with Crippen molar-refractivity contribution >= 4 is 0 Å². The maximum absolute atomic E-state index is 13.3. The Morgan fingerprint density at radius 1 is 1.00 bits per heavy atom. The molecule has 0 fully saturated rings. The van der Waals surface area contributed by atoms with E-state index in [-0.39, 0.29) is 23.7 Å². The molecule has 0 aliphatic carbocycles. The summed E-state index contributed by atoms with van der Waals surface area (Å²) in [5.41, 5.74) is 2.99. The second-order valence-corrected chi connectivity index (χ2v) is 5.17. The highest BCUT2D eigenvalue weighted by atomic mass is 19.1. The average molecular weight is 273 g/mol. The van der Waals surface area contributed by atoms with Crippen molar-refractivity contribution in [3.63, 3.8) is 0 Å². The highest BCUT2D eigenvalue weighted by Crippen LogP contribution is 2.27. The van der Waals surface area contributed by atoms with Gasteiger partial charge in [0, 0.05) is 17.6 Å². The lowest BCUT2D eigenvalue weighted by Gasteiger charge is -2.22. The number of hydrogen-bond acceptors (Lipinski definition) is 2. The Morgan fingerprint density at radius 3 is 2.35 bits per heavy atom. The van der Waals surface area contributed by atoms with Crippen LogP contribution in [-0.2, 0) is 0 Å². The van der Waals surface area contributed by atoms with Crippen LogP contribution in [0.3, 0.4) is 0 Å². The smallest absolute Gasteiger partial charge is 0.123 e. The van der Waals surface area contributed by atoms with Crippen molar-refractivity contribution in [1.29, 1.82) is 0 Å². The standard InChI is InChI=1S/C17H20FNO/c1-11-6-4-5-7-15(11)12(2)19-13(3)16-10-14(18)8-9-17(16)20/h4-10,12-13,19-20H,1-3H3/t12-,13?/m1/s1. The summed E-state index contributed by atoms with van der Waals surface area (Å²) >= 11 is 0. The fourth-order valence-corrected chi connectivity index (χ4v) is 2.50. The van der Waals surface area contributed by atoms with Crippen molar-refractivity contribution in [1.82, 2.24) is 5.32 Å². The zero-order chi connectivity index (χ0) is 14.7. The molecule has 2 aromatic rings. The topological polar surface area (TPSA) is 32.3 Å². The number of hydrogen-bond donors (Lipinski definition) is 2. The van der Waals surface area contributed by atoms with Crippen LogP contribution in [0.25, 0.3) is 0 Å². The molecule has 2 aromatic carbocycles. The number of halogens is 1. The number of aryl methyl sites for hydroxylation is 1. The Bertz CT molecular complexity index is 597. The van der Waals surface area contributed by atoms with Gasteiger partial charge in [0.25, 0.3) is 0 Å². The molecule has 3 heteroatoms. The fraction of sp³-hybridized carbons (Fsp3) is 0.294. The molecular weight excluding hydrogens is 253 g/mol. The lowest BCUT2D eigenvalue weighted by Crippen LogP contribution is -2.23. The van der Waals surface area contributed by atoms with E-state index in [0.29, 0.717) is 5.56 Å². The summed E-state index contributed by atoms with van der Waals surface area (Å²) in [6, 6.07) is 12.2. The minimum atomic E-state index is -0.338. The van der Waals surface area contributed by atoms with Crippen LogP contribution in [0, 0.1) is 12.7 Å². The average Bonchev–Trinajstić information content (AvgIpc) is 2.41. The molecule has 0 saturated heterocycles. The molecule has 0 bridgehead atoms. The quantitative estimate of drug-likeness (QED) is 0.872. The fourth-order valence-electron chi connectivity index (χ4n) is 2.50. The monoisotopic (exact) mass is 273 g/mol. The summed E-state index contributed by atoms with van der Waals surface area (Å²) in [6.07, 6.45) is 0. The first-order valence-electron chi connectivity index (χ1n) is 6.79. The molecule has 20 heavy (non-hydrogen) atoms. The first-order chi connectivity index (χ1) is 9.49. The van der Waals surface area contributed by atoms with E-state index in [1.54, 1.807) is 0 Å². The molecule has 2 nitrogen and oxygen atoms in total. The lowest BCUT2D eigenvalue weighted by atomic mass is 10.00. The predicted octanol–water partition coefficient (Wildman–Crippen LogP) is 4.25. The van der Waals surface area contributed by atoms with Gasteiger partial charge in [-0.3, -0.25) is 0 Å². The number of phenolic OH excluding ortho intramolecular Hbond substituents is 1. The summed E-state index contributed by atoms with van der Waals surface area (Å²) in [5, 5.41) is 13.2. The summed E-state index contributed by atoms with van der Waals surface area (Å²) in [7, 11) is 0. The molecule has 2 rings (SSSR count). The highest BCUT2D eigenvalue weighted by Gasteiger charge is 2.15. The van der Waals surface area contributed by atoms with Crippen LogP contribution in [0.5, 0.6) is 5.75 Å². The Labute approximate surface area is 119 Å². The van der Waals surface area contributed by atoms with Crippen LogP contribution in [0.1, 0.15) is 42.6 Å². The normalized spacial score (nSPS) is 14.0. The van der Waals surface area contributed by atoms with Gasteiger partial charge in [0.15, 0.2) is 0 Å². The Morgan fingerprint density at radius 2 is 1.65 bits per heavy atom. The molecule has 0 amide bonds. The van der Waals surface area contributed by atoms with Crippen LogP contribution >= 0.6 is 0 Å². The third kappa shape index (κ3) is 3.17. The summed E-state index contributed by atoms with van der Waals surface area (Å²) in [4.78, 5) is 0. The van der Waals surface area contributed by atoms with E-state index in [0.717, 1.165) is 0 Å². The van der Waals surface area contributed by atoms with E-state index in [4.69, 9.17) is 0 Å². The van der Waals surface area contributed by atoms with Crippen LogP contribution in [0.2, 0.25) is 0 Å². The third-order valence-electron chi connectivity index (χ3n) is 3.61. The number of nitrogens with one attached hydrogen (secondary N) is 1. The molecule has 2 N–H and O–H groups in total. The first-order valence-corrected chi connectivity index (χ1v) is 6.79. The number of aromatic hydroxyl groups is 1. The van der Waals surface area contributed by atoms with Crippen molar-refractivity contribution in [2.75, 3.05) is 0 Å². The van der Waals surface area contributed by atoms with Crippen LogP contribution in [0.15, 0.2) is 42.5 Å². The molecule has 0 saturated carbocycles. The van der Waals surface area contributed by atoms with Gasteiger partial charge in [-0.2, -0.15) is 0 Å². The van der Waals surface area contributed by atoms with Gasteiger partial charge in [-0.15, -0.1) is 0 Å². The number of benzene rings is 2. The van der Waals surface area contributed by atoms with E-state index in [9.17, 15) is 9.50 Å². The zero-order valence-corrected chi connectivity index (χ0v) is 12.0. The SMILES string of the molecule is Cc1ccccc1[C@@H](C)NC(C)c1cc(F)ccc1O. The van der Waals surface area contributed by atoms with Crippen LogP contribution in [0.4, 0.5) is 4.39 Å². The number of rotatable bonds is 4. The molecule has 106 valence electrons. The van der Waals surface area contributed by atoms with Crippen molar-refractivity contribution < 1.29 is 9.50 Å². The van der Waals surface area contributed by atoms with E-state index in [2.05, 4.69) is 31.3 Å². The van der Waals surface area contributed by atoms with Gasteiger partial charge in [-0.1, -0.05) is 24.3 Å². The van der Waals surface area contributed by atoms with Gasteiger partial charge >= 0.3 is 0 Å². The van der Waals surface area contributed by atoms with Gasteiger partial charge in [0.2, 0.25) is 0 Å². The molecule has 2 atom stereocenters. The summed E-state index contributed by atoms with van der Waals surface area (Å²) < 4.78 is 13.3.